The Kier molecular flexibility index (Phi) is 7.47. The molecule has 4 nitrogen and oxygen atoms in total. The Morgan fingerprint density at radius 2 is 2.13 bits per heavy atom. The molecule has 4 heteroatoms. The fourth-order valence-corrected chi connectivity index (χ4v) is 1.34. The van der Waals surface area contributed by atoms with Crippen LogP contribution in [0.2, 0.25) is 0 Å². The highest BCUT2D eigenvalue weighted by molar-refractivity contribution is 4.81. The number of ether oxygens (including phenoxy) is 4. The van der Waals surface area contributed by atoms with E-state index in [1.165, 1.54) is 6.42 Å². The maximum Gasteiger partial charge on any atom is 0.157 e. The minimum atomic E-state index is -0.0108. The summed E-state index contributed by atoms with van der Waals surface area (Å²) in [4.78, 5) is 0. The van der Waals surface area contributed by atoms with Crippen molar-refractivity contribution in [2.75, 3.05) is 33.7 Å². The second-order valence-electron chi connectivity index (χ2n) is 3.38. The van der Waals surface area contributed by atoms with E-state index in [0.717, 1.165) is 19.4 Å². The standard InChI is InChI=1S/C11H20O4/c1-12-10-13-7-4-5-9-15-11-6-2-3-8-14-11/h4-5,11H,2-3,6-10H2,1H3/b5-4+. The first-order chi connectivity index (χ1) is 7.43. The quantitative estimate of drug-likeness (QED) is 0.369. The highest BCUT2D eigenvalue weighted by atomic mass is 16.7. The average Bonchev–Trinajstić information content (AvgIpc) is 2.29. The van der Waals surface area contributed by atoms with Gasteiger partial charge in [-0.1, -0.05) is 12.2 Å². The van der Waals surface area contributed by atoms with Crippen LogP contribution in [0.25, 0.3) is 0 Å². The van der Waals surface area contributed by atoms with E-state index in [9.17, 15) is 0 Å². The lowest BCUT2D eigenvalue weighted by Gasteiger charge is -2.21. The Labute approximate surface area is 91.1 Å². The van der Waals surface area contributed by atoms with Gasteiger partial charge in [-0.25, -0.2) is 0 Å². The zero-order valence-electron chi connectivity index (χ0n) is 9.31. The summed E-state index contributed by atoms with van der Waals surface area (Å²) in [5.74, 6) is 0. The van der Waals surface area contributed by atoms with Crippen molar-refractivity contribution in [3.05, 3.63) is 12.2 Å². The van der Waals surface area contributed by atoms with Crippen LogP contribution in [0.3, 0.4) is 0 Å². The zero-order valence-corrected chi connectivity index (χ0v) is 9.31. The van der Waals surface area contributed by atoms with Gasteiger partial charge in [0, 0.05) is 13.7 Å². The van der Waals surface area contributed by atoms with E-state index in [-0.39, 0.29) is 6.29 Å². The van der Waals surface area contributed by atoms with Crippen molar-refractivity contribution in [2.45, 2.75) is 25.6 Å². The SMILES string of the molecule is COCOC/C=C/COC1CCCCO1. The van der Waals surface area contributed by atoms with Crippen molar-refractivity contribution in [2.24, 2.45) is 0 Å². The molecule has 1 aliphatic rings. The van der Waals surface area contributed by atoms with Crippen LogP contribution in [-0.4, -0.2) is 40.0 Å². The molecule has 1 unspecified atom stereocenters. The average molecular weight is 216 g/mol. The van der Waals surface area contributed by atoms with Crippen LogP contribution in [0.5, 0.6) is 0 Å². The van der Waals surface area contributed by atoms with E-state index < -0.39 is 0 Å². The molecule has 1 fully saturated rings. The van der Waals surface area contributed by atoms with E-state index in [1.54, 1.807) is 7.11 Å². The topological polar surface area (TPSA) is 36.9 Å². The molecule has 1 atom stereocenters. The van der Waals surface area contributed by atoms with Gasteiger partial charge in [0.05, 0.1) is 13.2 Å². The van der Waals surface area contributed by atoms with Crippen molar-refractivity contribution in [3.8, 4) is 0 Å². The molecule has 0 radical (unpaired) electrons. The van der Waals surface area contributed by atoms with Gasteiger partial charge in [-0.2, -0.15) is 0 Å². The van der Waals surface area contributed by atoms with Crippen LogP contribution in [0.4, 0.5) is 0 Å². The summed E-state index contributed by atoms with van der Waals surface area (Å²) in [6.07, 6.45) is 7.21. The first-order valence-corrected chi connectivity index (χ1v) is 5.38. The van der Waals surface area contributed by atoms with Gasteiger partial charge in [-0.3, -0.25) is 0 Å². The van der Waals surface area contributed by atoms with Gasteiger partial charge in [0.1, 0.15) is 6.79 Å². The maximum atomic E-state index is 5.49. The Bertz CT molecular complexity index is 164. The predicted octanol–water partition coefficient (Wildman–Crippen LogP) is 1.71. The van der Waals surface area contributed by atoms with Crippen molar-refractivity contribution >= 4 is 0 Å². The number of rotatable bonds is 7. The van der Waals surface area contributed by atoms with Gasteiger partial charge < -0.3 is 18.9 Å². The molecule has 88 valence electrons. The van der Waals surface area contributed by atoms with Crippen molar-refractivity contribution in [1.82, 2.24) is 0 Å². The van der Waals surface area contributed by atoms with Crippen molar-refractivity contribution in [1.29, 1.82) is 0 Å². The monoisotopic (exact) mass is 216 g/mol. The van der Waals surface area contributed by atoms with Gasteiger partial charge >= 0.3 is 0 Å². The van der Waals surface area contributed by atoms with Crippen LogP contribution in [0.15, 0.2) is 12.2 Å². The van der Waals surface area contributed by atoms with E-state index in [4.69, 9.17) is 18.9 Å². The fraction of sp³-hybridized carbons (Fsp3) is 0.818. The molecule has 0 aromatic carbocycles. The van der Waals surface area contributed by atoms with Crippen LogP contribution in [-0.2, 0) is 18.9 Å². The Balaban J connectivity index is 1.90. The van der Waals surface area contributed by atoms with Gasteiger partial charge in [0.25, 0.3) is 0 Å². The molecule has 0 bridgehead atoms. The fourth-order valence-electron chi connectivity index (χ4n) is 1.34. The molecule has 0 N–H and O–H groups in total. The second-order valence-corrected chi connectivity index (χ2v) is 3.38. The van der Waals surface area contributed by atoms with Crippen LogP contribution in [0, 0.1) is 0 Å². The van der Waals surface area contributed by atoms with Gasteiger partial charge in [0.15, 0.2) is 6.29 Å². The number of hydrogen-bond donors (Lipinski definition) is 0. The third kappa shape index (κ3) is 6.62. The number of hydrogen-bond acceptors (Lipinski definition) is 4. The van der Waals surface area contributed by atoms with Crippen molar-refractivity contribution < 1.29 is 18.9 Å². The Hall–Kier alpha value is -0.420. The molecular formula is C11H20O4. The molecular weight excluding hydrogens is 196 g/mol. The van der Waals surface area contributed by atoms with Gasteiger partial charge in [0.2, 0.25) is 0 Å². The minimum absolute atomic E-state index is 0.0108. The lowest BCUT2D eigenvalue weighted by molar-refractivity contribution is -0.155. The molecule has 0 saturated carbocycles. The number of methoxy groups -OCH3 is 1. The van der Waals surface area contributed by atoms with E-state index >= 15 is 0 Å². The molecule has 0 aromatic rings. The highest BCUT2D eigenvalue weighted by Crippen LogP contribution is 2.13. The molecule has 1 aliphatic heterocycles. The molecule has 0 aliphatic carbocycles. The van der Waals surface area contributed by atoms with Crippen molar-refractivity contribution in [3.63, 3.8) is 0 Å². The van der Waals surface area contributed by atoms with E-state index in [2.05, 4.69) is 0 Å². The molecule has 0 aromatic heterocycles. The van der Waals surface area contributed by atoms with Crippen LogP contribution >= 0.6 is 0 Å². The first kappa shape index (κ1) is 12.6. The summed E-state index contributed by atoms with van der Waals surface area (Å²) in [5, 5.41) is 0. The summed E-state index contributed by atoms with van der Waals surface area (Å²) in [5.41, 5.74) is 0. The van der Waals surface area contributed by atoms with Gasteiger partial charge in [-0.05, 0) is 19.3 Å². The largest absolute Gasteiger partial charge is 0.359 e. The lowest BCUT2D eigenvalue weighted by atomic mass is 10.2. The third-order valence-electron chi connectivity index (χ3n) is 2.10. The Morgan fingerprint density at radius 1 is 1.27 bits per heavy atom. The Morgan fingerprint density at radius 3 is 2.87 bits per heavy atom. The highest BCUT2D eigenvalue weighted by Gasteiger charge is 2.12. The van der Waals surface area contributed by atoms with Gasteiger partial charge in [-0.15, -0.1) is 0 Å². The predicted molar refractivity (Wildman–Crippen MR) is 56.5 cm³/mol. The molecule has 0 amide bonds. The van der Waals surface area contributed by atoms with Crippen LogP contribution < -0.4 is 0 Å². The molecule has 1 rings (SSSR count). The minimum Gasteiger partial charge on any atom is -0.359 e. The maximum absolute atomic E-state index is 5.49. The lowest BCUT2D eigenvalue weighted by Crippen LogP contribution is -2.22. The summed E-state index contributed by atoms with van der Waals surface area (Å²) in [6.45, 7) is 2.30. The molecule has 0 spiro atoms. The third-order valence-corrected chi connectivity index (χ3v) is 2.10. The molecule has 1 heterocycles. The first-order valence-electron chi connectivity index (χ1n) is 5.38. The zero-order chi connectivity index (χ0) is 10.8. The molecule has 1 saturated heterocycles. The summed E-state index contributed by atoms with van der Waals surface area (Å²) in [7, 11) is 1.60. The normalized spacial score (nSPS) is 22.3. The second kappa shape index (κ2) is 8.85. The molecule has 15 heavy (non-hydrogen) atoms. The van der Waals surface area contributed by atoms with E-state index in [1.807, 2.05) is 12.2 Å². The van der Waals surface area contributed by atoms with E-state index in [0.29, 0.717) is 20.0 Å². The summed E-state index contributed by atoms with van der Waals surface area (Å²) in [6, 6.07) is 0. The van der Waals surface area contributed by atoms with Crippen LogP contribution in [0.1, 0.15) is 19.3 Å². The smallest absolute Gasteiger partial charge is 0.157 e. The summed E-state index contributed by atoms with van der Waals surface area (Å²) >= 11 is 0. The summed E-state index contributed by atoms with van der Waals surface area (Å²) < 4.78 is 20.7.